The van der Waals surface area contributed by atoms with Crippen molar-refractivity contribution in [3.05, 3.63) is 119 Å². The molecule has 1 saturated heterocycles. The smallest absolute Gasteiger partial charge is 0.338 e. The Kier molecular flexibility index (Phi) is 11.8. The number of carbonyl (C=O) groups excluding carboxylic acids is 6. The fourth-order valence-electron chi connectivity index (χ4n) is 10.5. The number of fused-ring (bicyclic) bond motifs is 5. The number of aliphatic hydroxyl groups is 2. The van der Waals surface area contributed by atoms with Crippen LogP contribution >= 0.6 is 0 Å². The topological polar surface area (TPSA) is 201 Å². The van der Waals surface area contributed by atoms with E-state index in [0.29, 0.717) is 16.7 Å². The molecular weight excluding hydrogens is 799 g/mol. The average molecular weight is 852 g/mol. The van der Waals surface area contributed by atoms with Gasteiger partial charge in [-0.15, -0.1) is 0 Å². The van der Waals surface area contributed by atoms with Crippen LogP contribution in [0.25, 0.3) is 0 Å². The molecule has 0 radical (unpaired) electrons. The fourth-order valence-corrected chi connectivity index (χ4v) is 10.5. The second-order valence-corrected chi connectivity index (χ2v) is 17.8. The lowest BCUT2D eigenvalue weighted by Crippen LogP contribution is -2.80. The molecule has 3 fully saturated rings. The SMILES string of the molecule is CC(=O)O[C@H]1C(=O)[C@@]2(C)[C@H]([C@H](OC(=O)c3ccccc3)[C@]3(C)C[C@H](OC(=O)[C@H](O)[C@@H](NC(=O)c4ccccc4)c4ccccc4)C(C)=C1C3(C)C)[C@]1(OC(C)=O)CO[C@@H]1C[C@@H]2O. The summed E-state index contributed by atoms with van der Waals surface area (Å²) in [6.45, 7) is 10.7. The van der Waals surface area contributed by atoms with Gasteiger partial charge < -0.3 is 39.2 Å². The lowest BCUT2D eigenvalue weighted by atomic mass is 9.42. The number of benzene rings is 3. The first kappa shape index (κ1) is 44.4. The number of hydrogen-bond donors (Lipinski definition) is 3. The van der Waals surface area contributed by atoms with Gasteiger partial charge in [-0.3, -0.25) is 19.2 Å². The molecule has 7 rings (SSSR count). The molecule has 3 aromatic rings. The first-order valence-electron chi connectivity index (χ1n) is 20.7. The van der Waals surface area contributed by atoms with Crippen LogP contribution in [0.4, 0.5) is 0 Å². The van der Waals surface area contributed by atoms with E-state index in [4.69, 9.17) is 23.7 Å². The molecule has 328 valence electrons. The Morgan fingerprint density at radius 1 is 0.806 bits per heavy atom. The zero-order valence-electron chi connectivity index (χ0n) is 35.8. The highest BCUT2D eigenvalue weighted by Crippen LogP contribution is 2.67. The standard InChI is InChI=1S/C48H53NO13/c1-26-32(60-44(57)37(53)36(29-17-11-8-12-18-29)49-42(55)30-19-13-9-14-20-30)24-46(6)41(61-43(56)31-21-15-10-16-22-31)39-47(7,33(52)23-34-48(39,25-58-34)62-28(3)51)40(54)38(59-27(2)50)35(26)45(46,4)5/h8-22,32-34,36-39,41,52-53H,23-25H2,1-7H3,(H,49,55)/t32-,33-,34+,36-,37+,38+,39-,41-,46-,47+,48-/m0/s1. The molecule has 4 aliphatic rings. The molecule has 0 aromatic heterocycles. The van der Waals surface area contributed by atoms with Gasteiger partial charge in [0.05, 0.1) is 35.6 Å². The highest BCUT2D eigenvalue weighted by Gasteiger charge is 2.77. The monoisotopic (exact) mass is 851 g/mol. The Morgan fingerprint density at radius 3 is 1.94 bits per heavy atom. The zero-order chi connectivity index (χ0) is 44.9. The number of rotatable bonds is 10. The summed E-state index contributed by atoms with van der Waals surface area (Å²) in [4.78, 5) is 83.9. The molecule has 1 amide bonds. The molecule has 14 heteroatoms. The van der Waals surface area contributed by atoms with Crippen molar-refractivity contribution in [2.24, 2.45) is 22.2 Å². The molecule has 3 N–H and O–H groups in total. The molecular formula is C48H53NO13. The minimum atomic E-state index is -1.95. The minimum Gasteiger partial charge on any atom is -0.458 e. The van der Waals surface area contributed by atoms with E-state index in [9.17, 15) is 34.2 Å². The van der Waals surface area contributed by atoms with Crippen molar-refractivity contribution < 1.29 is 62.7 Å². The molecule has 11 atom stereocenters. The predicted octanol–water partition coefficient (Wildman–Crippen LogP) is 5.01. The van der Waals surface area contributed by atoms with Gasteiger partial charge >= 0.3 is 23.9 Å². The number of carbonyl (C=O) groups is 6. The summed E-state index contributed by atoms with van der Waals surface area (Å²) >= 11 is 0. The van der Waals surface area contributed by atoms with E-state index in [0.717, 1.165) is 6.92 Å². The number of nitrogens with one attached hydrogen (secondary N) is 1. The van der Waals surface area contributed by atoms with E-state index in [1.807, 2.05) is 13.8 Å². The van der Waals surface area contributed by atoms with E-state index in [2.05, 4.69) is 5.32 Å². The lowest BCUT2D eigenvalue weighted by molar-refractivity contribution is -0.340. The quantitative estimate of drug-likeness (QED) is 0.140. The molecule has 2 bridgehead atoms. The number of esters is 4. The number of Topliss-reactive ketones (excluding diaryl/α,β-unsaturated/α-hetero) is 1. The number of ether oxygens (including phenoxy) is 5. The Balaban J connectivity index is 1.39. The second kappa shape index (κ2) is 16.5. The van der Waals surface area contributed by atoms with E-state index >= 15 is 4.79 Å². The summed E-state index contributed by atoms with van der Waals surface area (Å²) < 4.78 is 31.0. The maximum atomic E-state index is 15.6. The Hall–Kier alpha value is -5.70. The number of aliphatic hydroxyl groups excluding tert-OH is 2. The largest absolute Gasteiger partial charge is 0.458 e. The van der Waals surface area contributed by atoms with Crippen LogP contribution in [0.2, 0.25) is 0 Å². The third-order valence-corrected chi connectivity index (χ3v) is 14.1. The molecule has 0 spiro atoms. The summed E-state index contributed by atoms with van der Waals surface area (Å²) in [6.07, 6.45) is -8.83. The van der Waals surface area contributed by atoms with Crippen LogP contribution in [0.15, 0.2) is 102 Å². The van der Waals surface area contributed by atoms with Crippen molar-refractivity contribution in [3.63, 3.8) is 0 Å². The Bertz CT molecular complexity index is 2280. The van der Waals surface area contributed by atoms with Crippen LogP contribution in [0.1, 0.15) is 93.6 Å². The summed E-state index contributed by atoms with van der Waals surface area (Å²) in [5.41, 5.74) is -4.65. The molecule has 3 aliphatic carbocycles. The van der Waals surface area contributed by atoms with Gasteiger partial charge in [0.1, 0.15) is 18.3 Å². The maximum absolute atomic E-state index is 15.6. The van der Waals surface area contributed by atoms with Crippen molar-refractivity contribution >= 4 is 35.6 Å². The first-order chi connectivity index (χ1) is 29.3. The van der Waals surface area contributed by atoms with Gasteiger partial charge in [-0.25, -0.2) is 9.59 Å². The normalized spacial score (nSPS) is 31.9. The van der Waals surface area contributed by atoms with Gasteiger partial charge in [0, 0.05) is 31.2 Å². The van der Waals surface area contributed by atoms with Crippen LogP contribution < -0.4 is 5.32 Å². The number of hydrogen-bond acceptors (Lipinski definition) is 13. The van der Waals surface area contributed by atoms with Crippen molar-refractivity contribution in [2.75, 3.05) is 6.61 Å². The maximum Gasteiger partial charge on any atom is 0.338 e. The minimum absolute atomic E-state index is 0.0990. The van der Waals surface area contributed by atoms with Crippen LogP contribution in [-0.2, 0) is 42.9 Å². The molecule has 62 heavy (non-hydrogen) atoms. The summed E-state index contributed by atoms with van der Waals surface area (Å²) in [7, 11) is 0. The van der Waals surface area contributed by atoms with Crippen LogP contribution in [-0.4, -0.2) is 94.6 Å². The van der Waals surface area contributed by atoms with Crippen molar-refractivity contribution in [2.45, 2.75) is 110 Å². The predicted molar refractivity (Wildman–Crippen MR) is 221 cm³/mol. The van der Waals surface area contributed by atoms with Gasteiger partial charge in [-0.05, 0) is 66.7 Å². The summed E-state index contributed by atoms with van der Waals surface area (Å²) in [6, 6.07) is 23.6. The lowest BCUT2D eigenvalue weighted by Gasteiger charge is -2.68. The van der Waals surface area contributed by atoms with E-state index in [1.165, 1.54) is 13.8 Å². The summed E-state index contributed by atoms with van der Waals surface area (Å²) in [5.74, 6) is -6.01. The average Bonchev–Trinajstić information content (AvgIpc) is 3.24. The molecule has 1 aliphatic heterocycles. The molecule has 1 heterocycles. The molecule has 14 nitrogen and oxygen atoms in total. The van der Waals surface area contributed by atoms with Crippen molar-refractivity contribution in [3.8, 4) is 0 Å². The molecule has 2 saturated carbocycles. The van der Waals surface area contributed by atoms with Gasteiger partial charge in [-0.2, -0.15) is 0 Å². The highest BCUT2D eigenvalue weighted by molar-refractivity contribution is 5.96. The Morgan fingerprint density at radius 2 is 1.39 bits per heavy atom. The number of amides is 1. The summed E-state index contributed by atoms with van der Waals surface area (Å²) in [5, 5.41) is 26.7. The number of ketones is 1. The van der Waals surface area contributed by atoms with Crippen LogP contribution in [0.5, 0.6) is 0 Å². The van der Waals surface area contributed by atoms with Gasteiger partial charge in [0.15, 0.2) is 23.6 Å². The van der Waals surface area contributed by atoms with Crippen molar-refractivity contribution in [1.82, 2.24) is 5.32 Å². The highest BCUT2D eigenvalue weighted by atomic mass is 16.6. The van der Waals surface area contributed by atoms with Gasteiger partial charge in [0.25, 0.3) is 5.91 Å². The van der Waals surface area contributed by atoms with Crippen LogP contribution in [0.3, 0.4) is 0 Å². The van der Waals surface area contributed by atoms with E-state index < -0.39 is 106 Å². The van der Waals surface area contributed by atoms with Crippen molar-refractivity contribution in [1.29, 1.82) is 0 Å². The zero-order valence-corrected chi connectivity index (χ0v) is 35.8. The molecule has 3 aromatic carbocycles. The van der Waals surface area contributed by atoms with E-state index in [1.54, 1.807) is 105 Å². The van der Waals surface area contributed by atoms with Gasteiger partial charge in [0.2, 0.25) is 0 Å². The molecule has 0 unspecified atom stereocenters. The third-order valence-electron chi connectivity index (χ3n) is 14.1. The Labute approximate surface area is 359 Å². The fraction of sp³-hybridized carbons (Fsp3) is 0.458. The van der Waals surface area contributed by atoms with Gasteiger partial charge in [-0.1, -0.05) is 87.5 Å². The van der Waals surface area contributed by atoms with E-state index in [-0.39, 0.29) is 30.6 Å². The first-order valence-corrected chi connectivity index (χ1v) is 20.7. The van der Waals surface area contributed by atoms with Crippen LogP contribution in [0, 0.1) is 22.2 Å². The third kappa shape index (κ3) is 7.31. The second-order valence-electron chi connectivity index (χ2n) is 17.8.